The van der Waals surface area contributed by atoms with Gasteiger partial charge in [0.05, 0.1) is 17.4 Å². The summed E-state index contributed by atoms with van der Waals surface area (Å²) in [5, 5.41) is 11.1. The maximum absolute atomic E-state index is 11.7. The second-order valence-electron chi connectivity index (χ2n) is 4.81. The summed E-state index contributed by atoms with van der Waals surface area (Å²) in [4.78, 5) is 26.4. The summed E-state index contributed by atoms with van der Waals surface area (Å²) in [6.45, 7) is 2.12. The molecule has 1 aliphatic rings. The molecule has 0 amide bonds. The van der Waals surface area contributed by atoms with Crippen LogP contribution < -0.4 is 5.73 Å². The van der Waals surface area contributed by atoms with Gasteiger partial charge < -0.3 is 10.5 Å². The van der Waals surface area contributed by atoms with Crippen molar-refractivity contribution in [3.05, 3.63) is 34.1 Å². The number of rotatable bonds is 4. The Hall–Kier alpha value is -2.44. The fourth-order valence-corrected chi connectivity index (χ4v) is 2.42. The van der Waals surface area contributed by atoms with Crippen LogP contribution in [0.4, 0.5) is 11.4 Å². The van der Waals surface area contributed by atoms with E-state index in [0.29, 0.717) is 31.6 Å². The molecule has 0 radical (unpaired) electrons. The standard InChI is InChI=1S/C14H17N3O4/c1-2-21-14(18)10-5-3-9(4-6-10)12-13(17(19)20)11(15)7-8-16-12/h3,7-8,10H,2,4-6H2,1H3,(H2,15,16). The zero-order valence-corrected chi connectivity index (χ0v) is 11.7. The van der Waals surface area contributed by atoms with Gasteiger partial charge in [-0.05, 0) is 37.8 Å². The van der Waals surface area contributed by atoms with E-state index in [1.165, 1.54) is 12.3 Å². The lowest BCUT2D eigenvalue weighted by molar-refractivity contribution is -0.384. The van der Waals surface area contributed by atoms with E-state index in [1.807, 2.05) is 6.08 Å². The molecule has 0 aliphatic heterocycles. The van der Waals surface area contributed by atoms with E-state index in [-0.39, 0.29) is 23.3 Å². The number of hydrogen-bond acceptors (Lipinski definition) is 6. The van der Waals surface area contributed by atoms with Gasteiger partial charge in [0.2, 0.25) is 0 Å². The number of carbonyl (C=O) groups is 1. The number of nitrogens with zero attached hydrogens (tertiary/aromatic N) is 2. The summed E-state index contributed by atoms with van der Waals surface area (Å²) in [6, 6.07) is 1.41. The predicted octanol–water partition coefficient (Wildman–Crippen LogP) is 2.32. The van der Waals surface area contributed by atoms with Crippen LogP contribution in [0.2, 0.25) is 0 Å². The molecule has 1 unspecified atom stereocenters. The minimum Gasteiger partial charge on any atom is -0.466 e. The third kappa shape index (κ3) is 3.18. The zero-order valence-electron chi connectivity index (χ0n) is 11.7. The highest BCUT2D eigenvalue weighted by atomic mass is 16.6. The van der Waals surface area contributed by atoms with Crippen molar-refractivity contribution in [2.45, 2.75) is 26.2 Å². The first-order valence-corrected chi connectivity index (χ1v) is 6.79. The predicted molar refractivity (Wildman–Crippen MR) is 77.3 cm³/mol. The second-order valence-corrected chi connectivity index (χ2v) is 4.81. The molecule has 7 nitrogen and oxygen atoms in total. The van der Waals surface area contributed by atoms with Crippen LogP contribution in [0.25, 0.3) is 5.57 Å². The summed E-state index contributed by atoms with van der Waals surface area (Å²) in [7, 11) is 0. The summed E-state index contributed by atoms with van der Waals surface area (Å²) in [6.07, 6.45) is 4.91. The van der Waals surface area contributed by atoms with Crippen molar-refractivity contribution in [2.24, 2.45) is 5.92 Å². The molecule has 21 heavy (non-hydrogen) atoms. The molecular weight excluding hydrogens is 274 g/mol. The molecule has 112 valence electrons. The number of nitro groups is 1. The Kier molecular flexibility index (Phi) is 4.52. The first kappa shape index (κ1) is 15.0. The van der Waals surface area contributed by atoms with Gasteiger partial charge in [0.1, 0.15) is 11.4 Å². The average Bonchev–Trinajstić information content (AvgIpc) is 2.47. The summed E-state index contributed by atoms with van der Waals surface area (Å²) >= 11 is 0. The molecule has 1 aliphatic carbocycles. The lowest BCUT2D eigenvalue weighted by atomic mass is 9.87. The highest BCUT2D eigenvalue weighted by molar-refractivity contribution is 5.79. The Morgan fingerprint density at radius 2 is 2.38 bits per heavy atom. The lowest BCUT2D eigenvalue weighted by Crippen LogP contribution is -2.19. The summed E-state index contributed by atoms with van der Waals surface area (Å²) in [5.74, 6) is -0.406. The molecule has 0 aromatic carbocycles. The van der Waals surface area contributed by atoms with Gasteiger partial charge in [-0.25, -0.2) is 4.98 Å². The Balaban J connectivity index is 2.24. The zero-order chi connectivity index (χ0) is 15.4. The van der Waals surface area contributed by atoms with Crippen molar-refractivity contribution in [3.8, 4) is 0 Å². The number of nitrogen functional groups attached to an aromatic ring is 1. The van der Waals surface area contributed by atoms with Crippen molar-refractivity contribution >= 4 is 22.9 Å². The first-order chi connectivity index (χ1) is 10.0. The van der Waals surface area contributed by atoms with Gasteiger partial charge in [-0.1, -0.05) is 6.08 Å². The number of hydrogen-bond donors (Lipinski definition) is 1. The van der Waals surface area contributed by atoms with Crippen LogP contribution in [0.1, 0.15) is 31.9 Å². The van der Waals surface area contributed by atoms with E-state index in [9.17, 15) is 14.9 Å². The number of ether oxygens (including phenoxy) is 1. The second kappa shape index (κ2) is 6.34. The molecule has 7 heteroatoms. The molecule has 2 N–H and O–H groups in total. The van der Waals surface area contributed by atoms with Crippen LogP contribution in [-0.2, 0) is 9.53 Å². The van der Waals surface area contributed by atoms with Gasteiger partial charge >= 0.3 is 11.7 Å². The molecule has 1 aromatic heterocycles. The monoisotopic (exact) mass is 291 g/mol. The Labute approximate surface area is 122 Å². The molecule has 0 bridgehead atoms. The minimum atomic E-state index is -0.518. The number of esters is 1. The van der Waals surface area contributed by atoms with Crippen LogP contribution in [0.15, 0.2) is 18.3 Å². The average molecular weight is 291 g/mol. The minimum absolute atomic E-state index is 0.0958. The van der Waals surface area contributed by atoms with E-state index in [1.54, 1.807) is 6.92 Å². The van der Waals surface area contributed by atoms with Crippen LogP contribution >= 0.6 is 0 Å². The maximum atomic E-state index is 11.7. The maximum Gasteiger partial charge on any atom is 0.317 e. The van der Waals surface area contributed by atoms with Crippen LogP contribution in [0, 0.1) is 16.0 Å². The highest BCUT2D eigenvalue weighted by Gasteiger charge is 2.27. The van der Waals surface area contributed by atoms with E-state index in [0.717, 1.165) is 5.57 Å². The molecule has 1 atom stereocenters. The van der Waals surface area contributed by atoms with Gasteiger partial charge in [-0.3, -0.25) is 14.9 Å². The van der Waals surface area contributed by atoms with Gasteiger partial charge in [0, 0.05) is 6.20 Å². The lowest BCUT2D eigenvalue weighted by Gasteiger charge is -2.20. The van der Waals surface area contributed by atoms with Gasteiger partial charge in [-0.2, -0.15) is 0 Å². The number of pyridine rings is 1. The molecule has 1 heterocycles. The van der Waals surface area contributed by atoms with Crippen LogP contribution in [0.5, 0.6) is 0 Å². The van der Waals surface area contributed by atoms with Crippen molar-refractivity contribution < 1.29 is 14.5 Å². The Morgan fingerprint density at radius 1 is 1.62 bits per heavy atom. The summed E-state index contributed by atoms with van der Waals surface area (Å²) in [5.41, 5.74) is 6.64. The molecular formula is C14H17N3O4. The van der Waals surface area contributed by atoms with Crippen molar-refractivity contribution in [2.75, 3.05) is 12.3 Å². The van der Waals surface area contributed by atoms with Gasteiger partial charge in [0.25, 0.3) is 0 Å². The van der Waals surface area contributed by atoms with E-state index < -0.39 is 4.92 Å². The number of carbonyl (C=O) groups excluding carboxylic acids is 1. The molecule has 2 rings (SSSR count). The van der Waals surface area contributed by atoms with Crippen molar-refractivity contribution in [1.29, 1.82) is 0 Å². The van der Waals surface area contributed by atoms with E-state index >= 15 is 0 Å². The normalized spacial score (nSPS) is 18.0. The fourth-order valence-electron chi connectivity index (χ4n) is 2.42. The van der Waals surface area contributed by atoms with E-state index in [4.69, 9.17) is 10.5 Å². The Bertz CT molecular complexity index is 598. The molecule has 0 saturated carbocycles. The smallest absolute Gasteiger partial charge is 0.317 e. The third-order valence-corrected chi connectivity index (χ3v) is 3.47. The molecule has 0 spiro atoms. The Morgan fingerprint density at radius 3 is 2.95 bits per heavy atom. The number of anilines is 1. The van der Waals surface area contributed by atoms with Crippen molar-refractivity contribution in [1.82, 2.24) is 4.98 Å². The molecule has 0 fully saturated rings. The molecule has 1 aromatic rings. The van der Waals surface area contributed by atoms with E-state index in [2.05, 4.69) is 4.98 Å². The largest absolute Gasteiger partial charge is 0.466 e. The fraction of sp³-hybridized carbons (Fsp3) is 0.429. The topological polar surface area (TPSA) is 108 Å². The van der Waals surface area contributed by atoms with Gasteiger partial charge in [0.15, 0.2) is 0 Å². The van der Waals surface area contributed by atoms with Gasteiger partial charge in [-0.15, -0.1) is 0 Å². The summed E-state index contributed by atoms with van der Waals surface area (Å²) < 4.78 is 4.99. The molecule has 0 saturated heterocycles. The number of aromatic nitrogens is 1. The number of nitrogens with two attached hydrogens (primary N) is 1. The quantitative estimate of drug-likeness (QED) is 0.518. The number of allylic oxidation sites excluding steroid dienone is 2. The van der Waals surface area contributed by atoms with Crippen molar-refractivity contribution in [3.63, 3.8) is 0 Å². The third-order valence-electron chi connectivity index (χ3n) is 3.47. The SMILES string of the molecule is CCOC(=O)C1CC=C(c2nccc(N)c2[N+](=O)[O-])CC1. The highest BCUT2D eigenvalue weighted by Crippen LogP contribution is 2.36. The van der Waals surface area contributed by atoms with Crippen LogP contribution in [-0.4, -0.2) is 22.5 Å². The first-order valence-electron chi connectivity index (χ1n) is 6.79. The van der Waals surface area contributed by atoms with Crippen LogP contribution in [0.3, 0.4) is 0 Å².